The summed E-state index contributed by atoms with van der Waals surface area (Å²) in [7, 11) is 0. The summed E-state index contributed by atoms with van der Waals surface area (Å²) in [4.78, 5) is 27.2. The molecule has 2 amide bonds. The number of hydrogen-bond donors (Lipinski definition) is 2. The molecule has 0 unspecified atom stereocenters. The van der Waals surface area contributed by atoms with E-state index in [1.807, 2.05) is 0 Å². The molecule has 1 aromatic carbocycles. The van der Waals surface area contributed by atoms with E-state index < -0.39 is 17.6 Å². The first-order valence-electron chi connectivity index (χ1n) is 6.69. The van der Waals surface area contributed by atoms with Crippen LogP contribution in [0.2, 0.25) is 0 Å². The lowest BCUT2D eigenvalue weighted by Crippen LogP contribution is -2.36. The number of hydrogen-bond acceptors (Lipinski definition) is 5. The van der Waals surface area contributed by atoms with Crippen LogP contribution in [0.5, 0.6) is 0 Å². The quantitative estimate of drug-likeness (QED) is 0.639. The maximum atomic E-state index is 13.3. The molecule has 0 aliphatic heterocycles. The van der Waals surface area contributed by atoms with Gasteiger partial charge in [-0.25, -0.2) is 4.39 Å². The van der Waals surface area contributed by atoms with Crippen molar-refractivity contribution in [3.8, 4) is 0 Å². The smallest absolute Gasteiger partial charge is 0.313 e. The molecule has 22 heavy (non-hydrogen) atoms. The Morgan fingerprint density at radius 1 is 1.27 bits per heavy atom. The third-order valence-corrected chi connectivity index (χ3v) is 2.75. The molecular weight excluding hydrogens is 291 g/mol. The Hall–Kier alpha value is -2.77. The molecule has 0 fully saturated rings. The number of nitrogens with one attached hydrogen (secondary N) is 2. The number of aromatic nitrogens is 2. The molecule has 1 heterocycles. The third-order valence-electron chi connectivity index (χ3n) is 2.75. The van der Waals surface area contributed by atoms with Crippen LogP contribution in [0.1, 0.15) is 18.1 Å². The lowest BCUT2D eigenvalue weighted by Gasteiger charge is -2.06. The molecule has 8 heteroatoms. The van der Waals surface area contributed by atoms with Gasteiger partial charge < -0.3 is 15.2 Å². The average molecular weight is 306 g/mol. The third kappa shape index (κ3) is 4.37. The zero-order valence-corrected chi connectivity index (χ0v) is 11.9. The van der Waals surface area contributed by atoms with Gasteiger partial charge in [0.15, 0.2) is 5.82 Å². The Bertz CT molecular complexity index is 672. The van der Waals surface area contributed by atoms with Crippen LogP contribution in [-0.2, 0) is 16.0 Å². The topological polar surface area (TPSA) is 97.1 Å². The van der Waals surface area contributed by atoms with Gasteiger partial charge in [-0.1, -0.05) is 17.3 Å². The van der Waals surface area contributed by atoms with Gasteiger partial charge >= 0.3 is 11.8 Å². The van der Waals surface area contributed by atoms with E-state index in [0.29, 0.717) is 24.6 Å². The van der Waals surface area contributed by atoms with Crippen LogP contribution in [0.3, 0.4) is 0 Å². The van der Waals surface area contributed by atoms with E-state index in [0.717, 1.165) is 0 Å². The number of para-hydroxylation sites is 1. The lowest BCUT2D eigenvalue weighted by atomic mass is 10.3. The normalized spacial score (nSPS) is 10.3. The van der Waals surface area contributed by atoms with Crippen molar-refractivity contribution in [1.82, 2.24) is 15.5 Å². The minimum atomic E-state index is -0.918. The van der Waals surface area contributed by atoms with Gasteiger partial charge in [0.1, 0.15) is 5.82 Å². The van der Waals surface area contributed by atoms with Crippen LogP contribution in [0, 0.1) is 12.7 Å². The maximum absolute atomic E-state index is 13.3. The molecule has 0 spiro atoms. The van der Waals surface area contributed by atoms with Crippen LogP contribution in [0.25, 0.3) is 0 Å². The lowest BCUT2D eigenvalue weighted by molar-refractivity contribution is -0.136. The number of nitrogens with zero attached hydrogens (tertiary/aromatic N) is 2. The minimum absolute atomic E-state index is 0.0380. The van der Waals surface area contributed by atoms with Crippen molar-refractivity contribution >= 4 is 17.5 Å². The second-order valence-corrected chi connectivity index (χ2v) is 4.53. The van der Waals surface area contributed by atoms with Gasteiger partial charge in [-0.05, 0) is 25.5 Å². The molecule has 2 rings (SSSR count). The number of aryl methyl sites for hydroxylation is 2. The summed E-state index contributed by atoms with van der Waals surface area (Å²) >= 11 is 0. The molecule has 0 aliphatic rings. The molecule has 7 nitrogen and oxygen atoms in total. The van der Waals surface area contributed by atoms with Crippen molar-refractivity contribution in [2.45, 2.75) is 19.8 Å². The number of halogens is 1. The van der Waals surface area contributed by atoms with Crippen molar-refractivity contribution in [1.29, 1.82) is 0 Å². The minimum Gasteiger partial charge on any atom is -0.348 e. The highest BCUT2D eigenvalue weighted by Gasteiger charge is 2.14. The molecule has 0 atom stereocenters. The van der Waals surface area contributed by atoms with E-state index in [4.69, 9.17) is 4.52 Å². The number of amides is 2. The number of benzene rings is 1. The number of carbonyl (C=O) groups excluding carboxylic acids is 2. The fourth-order valence-electron chi connectivity index (χ4n) is 1.71. The van der Waals surface area contributed by atoms with Crippen molar-refractivity contribution in [3.63, 3.8) is 0 Å². The molecule has 1 aromatic heterocycles. The van der Waals surface area contributed by atoms with Crippen LogP contribution < -0.4 is 10.6 Å². The second-order valence-electron chi connectivity index (χ2n) is 4.53. The van der Waals surface area contributed by atoms with Crippen molar-refractivity contribution in [2.75, 3.05) is 11.9 Å². The summed E-state index contributed by atoms with van der Waals surface area (Å²) in [5.74, 6) is -1.33. The summed E-state index contributed by atoms with van der Waals surface area (Å²) < 4.78 is 18.3. The Balaban J connectivity index is 1.72. The van der Waals surface area contributed by atoms with E-state index in [2.05, 4.69) is 20.8 Å². The first-order chi connectivity index (χ1) is 10.6. The number of anilines is 1. The van der Waals surface area contributed by atoms with Crippen LogP contribution in [-0.4, -0.2) is 28.5 Å². The number of rotatable bonds is 5. The molecule has 0 saturated carbocycles. The largest absolute Gasteiger partial charge is 0.348 e. The SMILES string of the molecule is Cc1noc(CCCNC(=O)C(=O)Nc2ccccc2F)n1. The average Bonchev–Trinajstić information content (AvgIpc) is 2.91. The van der Waals surface area contributed by atoms with Gasteiger partial charge in [0, 0.05) is 13.0 Å². The summed E-state index contributed by atoms with van der Waals surface area (Å²) in [5.41, 5.74) is -0.0380. The molecule has 2 N–H and O–H groups in total. The predicted octanol–water partition coefficient (Wildman–Crippen LogP) is 1.20. The van der Waals surface area contributed by atoms with Crippen LogP contribution >= 0.6 is 0 Å². The summed E-state index contributed by atoms with van der Waals surface area (Å²) in [6, 6.07) is 5.62. The summed E-state index contributed by atoms with van der Waals surface area (Å²) in [6.07, 6.45) is 1.04. The van der Waals surface area contributed by atoms with E-state index in [1.165, 1.54) is 18.2 Å². The first-order valence-corrected chi connectivity index (χ1v) is 6.69. The van der Waals surface area contributed by atoms with Crippen LogP contribution in [0.15, 0.2) is 28.8 Å². The van der Waals surface area contributed by atoms with Gasteiger partial charge in [0.2, 0.25) is 5.89 Å². The maximum Gasteiger partial charge on any atom is 0.313 e. The number of carbonyl (C=O) groups is 2. The Kier molecular flexibility index (Phi) is 5.18. The highest BCUT2D eigenvalue weighted by Crippen LogP contribution is 2.11. The Morgan fingerprint density at radius 2 is 2.05 bits per heavy atom. The van der Waals surface area contributed by atoms with Gasteiger partial charge in [-0.3, -0.25) is 9.59 Å². The Labute approximate surface area is 125 Å². The zero-order valence-electron chi connectivity index (χ0n) is 11.9. The molecule has 2 aromatic rings. The van der Waals surface area contributed by atoms with Crippen molar-refractivity contribution in [3.05, 3.63) is 41.8 Å². The van der Waals surface area contributed by atoms with E-state index in [-0.39, 0.29) is 12.2 Å². The van der Waals surface area contributed by atoms with Crippen molar-refractivity contribution < 1.29 is 18.5 Å². The predicted molar refractivity (Wildman–Crippen MR) is 75.4 cm³/mol. The molecule has 116 valence electrons. The van der Waals surface area contributed by atoms with Gasteiger partial charge in [0.25, 0.3) is 0 Å². The zero-order chi connectivity index (χ0) is 15.9. The fourth-order valence-corrected chi connectivity index (χ4v) is 1.71. The van der Waals surface area contributed by atoms with Gasteiger partial charge in [-0.15, -0.1) is 0 Å². The van der Waals surface area contributed by atoms with Crippen molar-refractivity contribution in [2.24, 2.45) is 0 Å². The highest BCUT2D eigenvalue weighted by atomic mass is 19.1. The molecule has 0 bridgehead atoms. The van der Waals surface area contributed by atoms with E-state index in [9.17, 15) is 14.0 Å². The highest BCUT2D eigenvalue weighted by molar-refractivity contribution is 6.39. The van der Waals surface area contributed by atoms with E-state index >= 15 is 0 Å². The summed E-state index contributed by atoms with van der Waals surface area (Å²) in [6.45, 7) is 1.98. The van der Waals surface area contributed by atoms with Gasteiger partial charge in [0.05, 0.1) is 5.69 Å². The molecule has 0 radical (unpaired) electrons. The van der Waals surface area contributed by atoms with E-state index in [1.54, 1.807) is 13.0 Å². The second kappa shape index (κ2) is 7.30. The summed E-state index contributed by atoms with van der Waals surface area (Å²) in [5, 5.41) is 8.28. The monoisotopic (exact) mass is 306 g/mol. The first kappa shape index (κ1) is 15.6. The fraction of sp³-hybridized carbons (Fsp3) is 0.286. The molecule has 0 saturated heterocycles. The van der Waals surface area contributed by atoms with Crippen LogP contribution in [0.4, 0.5) is 10.1 Å². The molecular formula is C14H15FN4O3. The Morgan fingerprint density at radius 3 is 2.73 bits per heavy atom. The van der Waals surface area contributed by atoms with Gasteiger partial charge in [-0.2, -0.15) is 4.98 Å². The standard InChI is InChI=1S/C14H15FN4O3/c1-9-17-12(22-19-9)7-4-8-16-13(20)14(21)18-11-6-3-2-5-10(11)15/h2-3,5-6H,4,7-8H2,1H3,(H,16,20)(H,18,21). The molecule has 0 aliphatic carbocycles.